The van der Waals surface area contributed by atoms with Crippen molar-refractivity contribution in [1.82, 2.24) is 0 Å². The van der Waals surface area contributed by atoms with Crippen LogP contribution in [0.2, 0.25) is 0 Å². The van der Waals surface area contributed by atoms with Gasteiger partial charge in [-0.2, -0.15) is 0 Å². The molecule has 4 saturated carbocycles. The Morgan fingerprint density at radius 2 is 1.53 bits per heavy atom. The van der Waals surface area contributed by atoms with Crippen molar-refractivity contribution in [3.63, 3.8) is 0 Å². The number of esters is 2. The van der Waals surface area contributed by atoms with E-state index < -0.39 is 5.41 Å². The molecular weight excluding hydrogens is 532 g/mol. The molecule has 0 aromatic heterocycles. The van der Waals surface area contributed by atoms with Gasteiger partial charge >= 0.3 is 11.9 Å². The van der Waals surface area contributed by atoms with Crippen LogP contribution in [0.4, 0.5) is 0 Å². The quantitative estimate of drug-likeness (QED) is 0.260. The van der Waals surface area contributed by atoms with Crippen LogP contribution in [0.25, 0.3) is 0 Å². The molecule has 4 heteroatoms. The first-order valence-corrected chi connectivity index (χ1v) is 17.1. The van der Waals surface area contributed by atoms with Gasteiger partial charge in [0, 0.05) is 0 Å². The van der Waals surface area contributed by atoms with Crippen molar-refractivity contribution in [1.29, 1.82) is 0 Å². The Morgan fingerprint density at radius 3 is 2.23 bits per heavy atom. The minimum absolute atomic E-state index is 0.0119. The third-order valence-electron chi connectivity index (χ3n) is 15.1. The fourth-order valence-corrected chi connectivity index (χ4v) is 12.0. The molecule has 0 N–H and O–H groups in total. The summed E-state index contributed by atoms with van der Waals surface area (Å²) < 4.78 is 11.3. The second-order valence-corrected chi connectivity index (χ2v) is 17.3. The number of hydrogen-bond donors (Lipinski definition) is 0. The zero-order chi connectivity index (χ0) is 31.1. The lowest BCUT2D eigenvalue weighted by atomic mass is 9.33. The first-order chi connectivity index (χ1) is 20.1. The molecule has 1 aromatic rings. The fraction of sp³-hybridized carbons (Fsp3) is 0.744. The van der Waals surface area contributed by atoms with Crippen LogP contribution in [0.1, 0.15) is 118 Å². The molecule has 0 spiro atoms. The molecule has 5 aliphatic rings. The Balaban J connectivity index is 1.29. The molecule has 43 heavy (non-hydrogen) atoms. The summed E-state index contributed by atoms with van der Waals surface area (Å²) in [7, 11) is 1.55. The van der Waals surface area contributed by atoms with Gasteiger partial charge in [-0.05, 0) is 122 Å². The van der Waals surface area contributed by atoms with Crippen molar-refractivity contribution in [3.05, 3.63) is 47.5 Å². The highest BCUT2D eigenvalue weighted by atomic mass is 16.5. The minimum atomic E-state index is -0.449. The van der Waals surface area contributed by atoms with E-state index in [2.05, 4.69) is 54.5 Å². The summed E-state index contributed by atoms with van der Waals surface area (Å²) in [5.41, 5.74) is 2.98. The molecule has 4 fully saturated rings. The fourth-order valence-electron chi connectivity index (χ4n) is 12.0. The Hall–Kier alpha value is -2.10. The average Bonchev–Trinajstić information content (AvgIpc) is 2.97. The van der Waals surface area contributed by atoms with Gasteiger partial charge in [-0.15, -0.1) is 0 Å². The molecule has 0 saturated heterocycles. The molecule has 0 bridgehead atoms. The van der Waals surface area contributed by atoms with E-state index in [1.165, 1.54) is 25.7 Å². The number of rotatable bonds is 4. The van der Waals surface area contributed by atoms with Crippen LogP contribution in [0.5, 0.6) is 0 Å². The molecular formula is C39H56O4. The molecule has 0 aliphatic heterocycles. The third-order valence-corrected chi connectivity index (χ3v) is 15.1. The van der Waals surface area contributed by atoms with Gasteiger partial charge in [-0.1, -0.05) is 83.5 Å². The first kappa shape index (κ1) is 30.9. The molecule has 4 nitrogen and oxygen atoms in total. The van der Waals surface area contributed by atoms with E-state index in [1.807, 2.05) is 30.3 Å². The maximum Gasteiger partial charge on any atom is 0.312 e. The number of ether oxygens (including phenoxy) is 2. The van der Waals surface area contributed by atoms with Crippen LogP contribution in [-0.4, -0.2) is 19.0 Å². The lowest BCUT2D eigenvalue weighted by molar-refractivity contribution is -0.199. The molecule has 0 heterocycles. The monoisotopic (exact) mass is 588 g/mol. The number of fused-ring (bicyclic) bond motifs is 7. The van der Waals surface area contributed by atoms with Crippen LogP contribution in [0.15, 0.2) is 42.0 Å². The SMILES string of the molecule is COC(=O)[C@H]1CC[C@@]2(C)C(CC[C@]3(C)C2CC=C2[C@@H]4C[C@@](C)(C(=O)OCc5ccccc5)CC[C@]4(C)CC[C@]23C)C1(C)C. The molecule has 5 aliphatic carbocycles. The van der Waals surface area contributed by atoms with E-state index in [9.17, 15) is 9.59 Å². The van der Waals surface area contributed by atoms with Crippen LogP contribution >= 0.6 is 0 Å². The second kappa shape index (κ2) is 10.2. The minimum Gasteiger partial charge on any atom is -0.469 e. The Morgan fingerprint density at radius 1 is 0.837 bits per heavy atom. The zero-order valence-corrected chi connectivity index (χ0v) is 28.2. The van der Waals surface area contributed by atoms with E-state index in [1.54, 1.807) is 12.7 Å². The van der Waals surface area contributed by atoms with Crippen molar-refractivity contribution >= 4 is 11.9 Å². The number of hydrogen-bond acceptors (Lipinski definition) is 4. The molecule has 0 amide bonds. The van der Waals surface area contributed by atoms with Gasteiger partial charge in [0.2, 0.25) is 0 Å². The number of allylic oxidation sites excluding steroid dienone is 2. The van der Waals surface area contributed by atoms with E-state index in [0.717, 1.165) is 44.1 Å². The van der Waals surface area contributed by atoms with Crippen molar-refractivity contribution < 1.29 is 19.1 Å². The first-order valence-electron chi connectivity index (χ1n) is 17.1. The van der Waals surface area contributed by atoms with Crippen molar-refractivity contribution in [2.45, 2.75) is 119 Å². The predicted molar refractivity (Wildman–Crippen MR) is 171 cm³/mol. The number of benzene rings is 1. The summed E-state index contributed by atoms with van der Waals surface area (Å²) in [6.45, 7) is 17.5. The summed E-state index contributed by atoms with van der Waals surface area (Å²) in [6, 6.07) is 10.1. The number of carbonyl (C=O) groups excluding carboxylic acids is 2. The highest BCUT2D eigenvalue weighted by Crippen LogP contribution is 2.76. The summed E-state index contributed by atoms with van der Waals surface area (Å²) >= 11 is 0. The molecule has 9 atom stereocenters. The van der Waals surface area contributed by atoms with Gasteiger partial charge in [0.25, 0.3) is 0 Å². The van der Waals surface area contributed by atoms with Gasteiger partial charge < -0.3 is 9.47 Å². The molecule has 236 valence electrons. The Labute approximate surface area is 260 Å². The van der Waals surface area contributed by atoms with Crippen LogP contribution in [0.3, 0.4) is 0 Å². The normalized spacial score (nSPS) is 44.9. The second-order valence-electron chi connectivity index (χ2n) is 17.3. The predicted octanol–water partition coefficient (Wildman–Crippen LogP) is 9.32. The van der Waals surface area contributed by atoms with Crippen LogP contribution in [0, 0.1) is 56.2 Å². The largest absolute Gasteiger partial charge is 0.469 e. The van der Waals surface area contributed by atoms with E-state index in [-0.39, 0.29) is 44.9 Å². The van der Waals surface area contributed by atoms with Crippen molar-refractivity contribution in [2.75, 3.05) is 7.11 Å². The molecule has 0 radical (unpaired) electrons. The lowest BCUT2D eigenvalue weighted by Gasteiger charge is -2.71. The van der Waals surface area contributed by atoms with E-state index in [0.29, 0.717) is 24.4 Å². The van der Waals surface area contributed by atoms with Gasteiger partial charge in [0.05, 0.1) is 18.4 Å². The van der Waals surface area contributed by atoms with Crippen LogP contribution in [-0.2, 0) is 25.7 Å². The maximum atomic E-state index is 13.7. The topological polar surface area (TPSA) is 52.6 Å². The average molecular weight is 589 g/mol. The Kier molecular flexibility index (Phi) is 7.34. The zero-order valence-electron chi connectivity index (χ0n) is 28.2. The van der Waals surface area contributed by atoms with Gasteiger partial charge in [0.15, 0.2) is 0 Å². The van der Waals surface area contributed by atoms with E-state index in [4.69, 9.17) is 9.47 Å². The number of carbonyl (C=O) groups is 2. The highest BCUT2D eigenvalue weighted by molar-refractivity contribution is 5.77. The van der Waals surface area contributed by atoms with Gasteiger partial charge in [-0.3, -0.25) is 9.59 Å². The highest BCUT2D eigenvalue weighted by Gasteiger charge is 2.68. The summed E-state index contributed by atoms with van der Waals surface area (Å²) in [6.07, 6.45) is 13.6. The maximum absolute atomic E-state index is 13.7. The van der Waals surface area contributed by atoms with Gasteiger partial charge in [-0.25, -0.2) is 0 Å². The molecule has 1 aromatic carbocycles. The summed E-state index contributed by atoms with van der Waals surface area (Å²) in [5, 5.41) is 0. The van der Waals surface area contributed by atoms with Gasteiger partial charge in [0.1, 0.15) is 6.61 Å². The standard InChI is InChI=1S/C39H56O4/c1-34(2)28(32(40)42-8)16-18-37(5)30(34)17-19-39(7)31(37)15-14-27-29-24-36(4,21-20-35(29,3)22-23-38(27,39)6)33(41)43-25-26-12-10-9-11-13-26/h9-14,28-31H,15-25H2,1-8H3/t28-,29+,30?,31?,35-,36+,37+,38-,39-/m1/s1. The van der Waals surface area contributed by atoms with E-state index >= 15 is 0 Å². The van der Waals surface area contributed by atoms with Crippen molar-refractivity contribution in [2.24, 2.45) is 56.2 Å². The smallest absolute Gasteiger partial charge is 0.312 e. The molecule has 6 rings (SSSR count). The lowest BCUT2D eigenvalue weighted by Crippen LogP contribution is -2.64. The molecule has 2 unspecified atom stereocenters. The Bertz CT molecular complexity index is 1300. The number of methoxy groups -OCH3 is 1. The third kappa shape index (κ3) is 4.42. The summed E-state index contributed by atoms with van der Waals surface area (Å²) in [5.74, 6) is 1.48. The van der Waals surface area contributed by atoms with Crippen molar-refractivity contribution in [3.8, 4) is 0 Å². The van der Waals surface area contributed by atoms with Crippen LogP contribution < -0.4 is 0 Å². The summed E-state index contributed by atoms with van der Waals surface area (Å²) in [4.78, 5) is 26.5.